The molecule has 0 radical (unpaired) electrons. The fraction of sp³-hybridized carbons (Fsp3) is 0.667. The van der Waals surface area contributed by atoms with Crippen LogP contribution in [0.2, 0.25) is 19.6 Å². The third kappa shape index (κ3) is 5.35. The Labute approximate surface area is 119 Å². The van der Waals surface area contributed by atoms with E-state index >= 15 is 0 Å². The molecular weight excluding hydrogens is 339 g/mol. The Hall–Kier alpha value is -1.01. The molecule has 12 heteroatoms. The minimum Gasteiger partial charge on any atom is -0.741 e. The molecule has 0 atom stereocenters. The summed E-state index contributed by atoms with van der Waals surface area (Å²) in [4.78, 5) is 0. The van der Waals surface area contributed by atoms with E-state index in [4.69, 9.17) is 13.0 Å². The lowest BCUT2D eigenvalue weighted by Crippen LogP contribution is -2.47. The topological polar surface area (TPSA) is 66.0 Å². The molecule has 0 N–H and O–H groups in total. The van der Waals surface area contributed by atoms with Gasteiger partial charge in [0.1, 0.15) is 12.4 Å². The van der Waals surface area contributed by atoms with Crippen molar-refractivity contribution in [1.29, 1.82) is 0 Å². The standard InChI is InChI=1S/C8H15F2N2Si.CHF3O3S/c1-11-5-6-12(7-11)8(9,10)13(2,3)4;2-1(3,4)8(5,6)7/h5-7H,1-4H3;(H,5,6,7)/q+1;/p-1. The van der Waals surface area contributed by atoms with Crippen molar-refractivity contribution in [2.45, 2.75) is 30.8 Å². The molecule has 0 saturated heterocycles. The highest BCUT2D eigenvalue weighted by Gasteiger charge is 2.51. The van der Waals surface area contributed by atoms with Crippen LogP contribution in [-0.4, -0.2) is 31.1 Å². The van der Waals surface area contributed by atoms with Gasteiger partial charge in [-0.25, -0.2) is 13.0 Å². The highest BCUT2D eigenvalue weighted by molar-refractivity contribution is 7.86. The smallest absolute Gasteiger partial charge is 0.485 e. The average molecular weight is 354 g/mol. The van der Waals surface area contributed by atoms with Crippen molar-refractivity contribution >= 4 is 18.2 Å². The summed E-state index contributed by atoms with van der Waals surface area (Å²) in [5.41, 5.74) is -8.36. The number of hydrogen-bond donors (Lipinski definition) is 0. The largest absolute Gasteiger partial charge is 0.741 e. The maximum Gasteiger partial charge on any atom is 0.485 e. The first kappa shape index (κ1) is 20.0. The first-order valence-corrected chi connectivity index (χ1v) is 10.3. The van der Waals surface area contributed by atoms with Gasteiger partial charge in [-0.2, -0.15) is 26.5 Å². The molecule has 0 aliphatic heterocycles. The summed E-state index contributed by atoms with van der Waals surface area (Å²) in [5.74, 6) is 0. The zero-order valence-corrected chi connectivity index (χ0v) is 13.5. The Morgan fingerprint density at radius 2 is 1.52 bits per heavy atom. The predicted octanol–water partition coefficient (Wildman–Crippen LogP) is 1.79. The van der Waals surface area contributed by atoms with Crippen molar-refractivity contribution in [3.8, 4) is 0 Å². The second-order valence-corrected chi connectivity index (χ2v) is 11.7. The summed E-state index contributed by atoms with van der Waals surface area (Å²) in [6, 6.07) is 0. The van der Waals surface area contributed by atoms with Crippen molar-refractivity contribution in [2.75, 3.05) is 0 Å². The van der Waals surface area contributed by atoms with E-state index in [0.29, 0.717) is 0 Å². The van der Waals surface area contributed by atoms with Crippen LogP contribution in [0, 0.1) is 0 Å². The minimum atomic E-state index is -6.09. The van der Waals surface area contributed by atoms with Crippen molar-refractivity contribution in [1.82, 2.24) is 4.57 Å². The Morgan fingerprint density at radius 1 is 1.14 bits per heavy atom. The van der Waals surface area contributed by atoms with Crippen LogP contribution >= 0.6 is 0 Å². The van der Waals surface area contributed by atoms with Gasteiger partial charge < -0.3 is 4.55 Å². The molecule has 21 heavy (non-hydrogen) atoms. The maximum absolute atomic E-state index is 13.7. The van der Waals surface area contributed by atoms with Gasteiger partial charge in [0.15, 0.2) is 18.2 Å². The molecule has 0 spiro atoms. The quantitative estimate of drug-likeness (QED) is 0.267. The molecule has 0 aliphatic carbocycles. The highest BCUT2D eigenvalue weighted by Crippen LogP contribution is 2.31. The van der Waals surface area contributed by atoms with Crippen molar-refractivity contribution in [3.63, 3.8) is 0 Å². The second-order valence-electron chi connectivity index (χ2n) is 5.18. The zero-order chi connectivity index (χ0) is 17.3. The molecule has 0 fully saturated rings. The van der Waals surface area contributed by atoms with Crippen LogP contribution in [0.4, 0.5) is 22.0 Å². The molecule has 5 nitrogen and oxygen atoms in total. The molecule has 0 amide bonds. The molecule has 0 bridgehead atoms. The Morgan fingerprint density at radius 3 is 1.71 bits per heavy atom. The molecule has 0 saturated carbocycles. The van der Waals surface area contributed by atoms with E-state index in [1.54, 1.807) is 37.5 Å². The molecule has 124 valence electrons. The van der Waals surface area contributed by atoms with E-state index in [2.05, 4.69) is 0 Å². The third-order valence-corrected chi connectivity index (χ3v) is 4.91. The van der Waals surface area contributed by atoms with E-state index in [1.165, 1.54) is 12.5 Å². The zero-order valence-electron chi connectivity index (χ0n) is 11.6. The number of hydrogen-bond acceptors (Lipinski definition) is 3. The summed E-state index contributed by atoms with van der Waals surface area (Å²) >= 11 is 0. The van der Waals surface area contributed by atoms with Gasteiger partial charge >= 0.3 is 11.2 Å². The van der Waals surface area contributed by atoms with Gasteiger partial charge in [0.25, 0.3) is 0 Å². The fourth-order valence-electron chi connectivity index (χ4n) is 1.00. The van der Waals surface area contributed by atoms with Crippen LogP contribution in [0.5, 0.6) is 0 Å². The van der Waals surface area contributed by atoms with Crippen LogP contribution in [-0.2, 0) is 22.8 Å². The number of aromatic nitrogens is 2. The van der Waals surface area contributed by atoms with Gasteiger partial charge in [0.05, 0.1) is 7.05 Å². The summed E-state index contributed by atoms with van der Waals surface area (Å²) in [6.07, 6.45) is 4.45. The molecule has 1 aromatic rings. The summed E-state index contributed by atoms with van der Waals surface area (Å²) in [5, 5.41) is 0. The van der Waals surface area contributed by atoms with Gasteiger partial charge in [-0.05, 0) is 0 Å². The highest BCUT2D eigenvalue weighted by atomic mass is 32.2. The van der Waals surface area contributed by atoms with Crippen LogP contribution in [0.1, 0.15) is 0 Å². The van der Waals surface area contributed by atoms with Gasteiger partial charge in [-0.3, -0.25) is 0 Å². The van der Waals surface area contributed by atoms with Crippen molar-refractivity contribution in [2.24, 2.45) is 7.05 Å². The van der Waals surface area contributed by atoms with Crippen LogP contribution in [0.15, 0.2) is 18.7 Å². The summed E-state index contributed by atoms with van der Waals surface area (Å²) in [6.45, 7) is 4.98. The second kappa shape index (κ2) is 6.00. The van der Waals surface area contributed by atoms with Crippen LogP contribution in [0.25, 0.3) is 0 Å². The van der Waals surface area contributed by atoms with E-state index in [1.807, 2.05) is 0 Å². The lowest BCUT2D eigenvalue weighted by molar-refractivity contribution is -0.671. The lowest BCUT2D eigenvalue weighted by Gasteiger charge is -2.24. The number of alkyl halides is 5. The van der Waals surface area contributed by atoms with Crippen molar-refractivity contribution < 1.29 is 39.5 Å². The van der Waals surface area contributed by atoms with Crippen LogP contribution < -0.4 is 4.57 Å². The third-order valence-electron chi connectivity index (χ3n) is 2.28. The molecule has 1 aromatic heterocycles. The summed E-state index contributed by atoms with van der Waals surface area (Å²) in [7, 11) is -6.85. The molecule has 0 aromatic carbocycles. The minimum absolute atomic E-state index is 0.999. The fourth-order valence-corrected chi connectivity index (χ4v) is 1.91. The maximum atomic E-state index is 13.7. The monoisotopic (exact) mass is 354 g/mol. The SMILES string of the molecule is C[n+]1ccn(C(F)(F)[Si](C)(C)C)c1.O=S(=O)([O-])C(F)(F)F. The van der Waals surface area contributed by atoms with E-state index in [9.17, 15) is 22.0 Å². The predicted molar refractivity (Wildman–Crippen MR) is 64.9 cm³/mol. The number of rotatable bonds is 2. The van der Waals surface area contributed by atoms with Gasteiger partial charge in [-0.15, -0.1) is 0 Å². The molecule has 0 unspecified atom stereocenters. The van der Waals surface area contributed by atoms with E-state index in [-0.39, 0.29) is 0 Å². The number of nitrogens with zero attached hydrogens (tertiary/aromatic N) is 2. The normalized spacial score (nSPS) is 13.6. The Balaban J connectivity index is 0.000000433. The van der Waals surface area contributed by atoms with Crippen LogP contribution in [0.3, 0.4) is 0 Å². The first-order valence-electron chi connectivity index (χ1n) is 5.44. The Bertz CT molecular complexity index is 577. The molecule has 1 rings (SSSR count). The van der Waals surface area contributed by atoms with Gasteiger partial charge in [0.2, 0.25) is 6.33 Å². The van der Waals surface area contributed by atoms with Crippen molar-refractivity contribution in [3.05, 3.63) is 18.7 Å². The van der Waals surface area contributed by atoms with E-state index < -0.39 is 29.4 Å². The Kier molecular flexibility index (Phi) is 5.71. The van der Waals surface area contributed by atoms with E-state index in [0.717, 1.165) is 4.57 Å². The molecular formula is C9H15F5N2O3SSi. The number of halogens is 5. The summed E-state index contributed by atoms with van der Waals surface area (Å²) < 4.78 is 88.9. The molecule has 1 heterocycles. The number of imidazole rings is 1. The van der Waals surface area contributed by atoms with Gasteiger partial charge in [-0.1, -0.05) is 19.6 Å². The molecule has 0 aliphatic rings. The van der Waals surface area contributed by atoms with Gasteiger partial charge in [0, 0.05) is 0 Å². The lowest BCUT2D eigenvalue weighted by atomic mass is 10.9. The first-order chi connectivity index (χ1) is 9.00. The number of aryl methyl sites for hydroxylation is 1. The average Bonchev–Trinajstić information content (AvgIpc) is 2.61.